The number of rotatable bonds is 5. The molecule has 0 amide bonds. The molecule has 2 rings (SSSR count). The first-order valence-corrected chi connectivity index (χ1v) is 7.37. The van der Waals surface area contributed by atoms with Crippen LogP contribution in [-0.2, 0) is 6.54 Å². The maximum atomic E-state index is 10.0. The number of nitrogens with one attached hydrogen (secondary N) is 1. The topological polar surface area (TPSA) is 45.2 Å². The molecule has 96 valence electrons. The minimum absolute atomic E-state index is 0.498. The van der Waals surface area contributed by atoms with E-state index in [1.807, 2.05) is 36.6 Å². The largest absolute Gasteiger partial charge is 0.387 e. The molecule has 0 saturated carbocycles. The normalized spacial score (nSPS) is 12.6. The van der Waals surface area contributed by atoms with Gasteiger partial charge >= 0.3 is 0 Å². The maximum absolute atomic E-state index is 10.0. The first-order chi connectivity index (χ1) is 8.65. The van der Waals surface area contributed by atoms with Crippen molar-refractivity contribution >= 4 is 27.3 Å². The molecule has 5 heteroatoms. The molecule has 3 nitrogen and oxygen atoms in total. The molecule has 1 unspecified atom stereocenters. The smallest absolute Gasteiger partial charge is 0.0914 e. The summed E-state index contributed by atoms with van der Waals surface area (Å²) >= 11 is 5.04. The second kappa shape index (κ2) is 6.43. The van der Waals surface area contributed by atoms with Crippen molar-refractivity contribution in [3.8, 4) is 0 Å². The molecule has 0 fully saturated rings. The fraction of sp³-hybridized carbons (Fsp3) is 0.308. The summed E-state index contributed by atoms with van der Waals surface area (Å²) in [5.74, 6) is 0. The minimum atomic E-state index is -0.498. The number of aryl methyl sites for hydroxylation is 1. The van der Waals surface area contributed by atoms with Gasteiger partial charge in [0.25, 0.3) is 0 Å². The van der Waals surface area contributed by atoms with Gasteiger partial charge in [-0.05, 0) is 24.6 Å². The van der Waals surface area contributed by atoms with Crippen molar-refractivity contribution in [1.82, 2.24) is 10.3 Å². The van der Waals surface area contributed by atoms with Gasteiger partial charge in [-0.25, -0.2) is 4.98 Å². The Morgan fingerprint density at radius 1 is 1.50 bits per heavy atom. The molecule has 0 bridgehead atoms. The van der Waals surface area contributed by atoms with Crippen molar-refractivity contribution in [1.29, 1.82) is 0 Å². The summed E-state index contributed by atoms with van der Waals surface area (Å²) in [6.45, 7) is 3.20. The lowest BCUT2D eigenvalue weighted by molar-refractivity contribution is 0.174. The van der Waals surface area contributed by atoms with Crippen LogP contribution in [0.1, 0.15) is 22.4 Å². The van der Waals surface area contributed by atoms with Crippen LogP contribution in [0.2, 0.25) is 0 Å². The van der Waals surface area contributed by atoms with Crippen molar-refractivity contribution in [3.63, 3.8) is 0 Å². The standard InChI is InChI=1S/C13H15BrN2OS/c1-9-16-12(8-18-9)6-15-7-13(17)10-3-2-4-11(14)5-10/h2-5,8,13,15,17H,6-7H2,1H3. The summed E-state index contributed by atoms with van der Waals surface area (Å²) in [5, 5.41) is 16.3. The summed E-state index contributed by atoms with van der Waals surface area (Å²) in [6, 6.07) is 7.72. The number of hydrogen-bond acceptors (Lipinski definition) is 4. The molecule has 2 N–H and O–H groups in total. The summed E-state index contributed by atoms with van der Waals surface area (Å²) in [6.07, 6.45) is -0.498. The molecule has 1 heterocycles. The Labute approximate surface area is 119 Å². The molecule has 0 aliphatic rings. The molecule has 0 spiro atoms. The molecule has 1 aromatic carbocycles. The summed E-state index contributed by atoms with van der Waals surface area (Å²) in [4.78, 5) is 4.36. The highest BCUT2D eigenvalue weighted by molar-refractivity contribution is 9.10. The van der Waals surface area contributed by atoms with Gasteiger partial charge in [0.15, 0.2) is 0 Å². The quantitative estimate of drug-likeness (QED) is 0.887. The SMILES string of the molecule is Cc1nc(CNCC(O)c2cccc(Br)c2)cs1. The van der Waals surface area contributed by atoms with Crippen molar-refractivity contribution in [2.24, 2.45) is 0 Å². The monoisotopic (exact) mass is 326 g/mol. The van der Waals surface area contributed by atoms with Crippen LogP contribution >= 0.6 is 27.3 Å². The molecular weight excluding hydrogens is 312 g/mol. The lowest BCUT2D eigenvalue weighted by Gasteiger charge is -2.11. The van der Waals surface area contributed by atoms with Crippen LogP contribution in [0.25, 0.3) is 0 Å². The summed E-state index contributed by atoms with van der Waals surface area (Å²) in [5.41, 5.74) is 1.94. The van der Waals surface area contributed by atoms with Gasteiger partial charge in [-0.15, -0.1) is 11.3 Å². The fourth-order valence-corrected chi connectivity index (χ4v) is 2.69. The third-order valence-electron chi connectivity index (χ3n) is 2.54. The number of aliphatic hydroxyl groups excluding tert-OH is 1. The van der Waals surface area contributed by atoms with E-state index in [2.05, 4.69) is 26.2 Å². The molecule has 1 aromatic heterocycles. The van der Waals surface area contributed by atoms with E-state index in [9.17, 15) is 5.11 Å². The first kappa shape index (κ1) is 13.7. The predicted octanol–water partition coefficient (Wildman–Crippen LogP) is 3.04. The van der Waals surface area contributed by atoms with Crippen LogP contribution in [0.4, 0.5) is 0 Å². The first-order valence-electron chi connectivity index (χ1n) is 5.70. The van der Waals surface area contributed by atoms with Crippen LogP contribution in [0.5, 0.6) is 0 Å². The molecule has 1 atom stereocenters. The van der Waals surface area contributed by atoms with E-state index >= 15 is 0 Å². The Balaban J connectivity index is 1.83. The highest BCUT2D eigenvalue weighted by atomic mass is 79.9. The number of benzene rings is 1. The second-order valence-corrected chi connectivity index (χ2v) is 6.04. The average molecular weight is 327 g/mol. The maximum Gasteiger partial charge on any atom is 0.0914 e. The second-order valence-electron chi connectivity index (χ2n) is 4.06. The van der Waals surface area contributed by atoms with Crippen molar-refractivity contribution in [2.45, 2.75) is 19.6 Å². The van der Waals surface area contributed by atoms with E-state index in [-0.39, 0.29) is 0 Å². The number of aromatic nitrogens is 1. The summed E-state index contributed by atoms with van der Waals surface area (Å²) < 4.78 is 0.981. The molecule has 2 aromatic rings. The van der Waals surface area contributed by atoms with Gasteiger partial charge in [-0.2, -0.15) is 0 Å². The molecular formula is C13H15BrN2OS. The Morgan fingerprint density at radius 2 is 2.33 bits per heavy atom. The minimum Gasteiger partial charge on any atom is -0.387 e. The van der Waals surface area contributed by atoms with Crippen LogP contribution in [0.3, 0.4) is 0 Å². The van der Waals surface area contributed by atoms with Crippen LogP contribution in [0, 0.1) is 6.92 Å². The zero-order valence-electron chi connectivity index (χ0n) is 10.1. The number of thiazole rings is 1. The zero-order chi connectivity index (χ0) is 13.0. The lowest BCUT2D eigenvalue weighted by atomic mass is 10.1. The van der Waals surface area contributed by atoms with Gasteiger partial charge in [0.05, 0.1) is 16.8 Å². The lowest BCUT2D eigenvalue weighted by Crippen LogP contribution is -2.21. The van der Waals surface area contributed by atoms with Crippen molar-refractivity contribution in [3.05, 3.63) is 50.4 Å². The van der Waals surface area contributed by atoms with E-state index < -0.39 is 6.10 Å². The molecule has 0 aliphatic heterocycles. The highest BCUT2D eigenvalue weighted by Gasteiger charge is 2.07. The average Bonchev–Trinajstić information content (AvgIpc) is 2.75. The van der Waals surface area contributed by atoms with E-state index in [1.54, 1.807) is 11.3 Å². The Hall–Kier alpha value is -0.750. The van der Waals surface area contributed by atoms with Gasteiger partial charge in [-0.1, -0.05) is 28.1 Å². The number of hydrogen-bond donors (Lipinski definition) is 2. The van der Waals surface area contributed by atoms with Gasteiger partial charge in [0, 0.05) is 22.9 Å². The van der Waals surface area contributed by atoms with Gasteiger partial charge < -0.3 is 10.4 Å². The summed E-state index contributed by atoms with van der Waals surface area (Å²) in [7, 11) is 0. The van der Waals surface area contributed by atoms with Gasteiger partial charge in [0.1, 0.15) is 0 Å². The number of halogens is 1. The fourth-order valence-electron chi connectivity index (χ4n) is 1.66. The molecule has 0 saturated heterocycles. The molecule has 18 heavy (non-hydrogen) atoms. The third-order valence-corrected chi connectivity index (χ3v) is 3.86. The zero-order valence-corrected chi connectivity index (χ0v) is 12.5. The van der Waals surface area contributed by atoms with E-state index in [0.717, 1.165) is 20.7 Å². The predicted molar refractivity (Wildman–Crippen MR) is 77.7 cm³/mol. The number of aliphatic hydroxyl groups is 1. The van der Waals surface area contributed by atoms with Crippen molar-refractivity contribution < 1.29 is 5.11 Å². The van der Waals surface area contributed by atoms with E-state index in [4.69, 9.17) is 0 Å². The highest BCUT2D eigenvalue weighted by Crippen LogP contribution is 2.17. The van der Waals surface area contributed by atoms with Gasteiger partial charge in [-0.3, -0.25) is 0 Å². The van der Waals surface area contributed by atoms with Gasteiger partial charge in [0.2, 0.25) is 0 Å². The van der Waals surface area contributed by atoms with Crippen LogP contribution in [0.15, 0.2) is 34.1 Å². The van der Waals surface area contributed by atoms with Crippen molar-refractivity contribution in [2.75, 3.05) is 6.54 Å². The third kappa shape index (κ3) is 3.88. The van der Waals surface area contributed by atoms with Crippen LogP contribution < -0.4 is 5.32 Å². The molecule has 0 radical (unpaired) electrons. The Morgan fingerprint density at radius 3 is 3.00 bits per heavy atom. The van der Waals surface area contributed by atoms with Crippen LogP contribution in [-0.4, -0.2) is 16.6 Å². The van der Waals surface area contributed by atoms with E-state index in [0.29, 0.717) is 13.1 Å². The molecule has 0 aliphatic carbocycles. The van der Waals surface area contributed by atoms with E-state index in [1.165, 1.54) is 0 Å². The number of nitrogens with zero attached hydrogens (tertiary/aromatic N) is 1. The Kier molecular flexibility index (Phi) is 4.88. The Bertz CT molecular complexity index is 515.